The van der Waals surface area contributed by atoms with Crippen molar-refractivity contribution in [1.82, 2.24) is 0 Å². The van der Waals surface area contributed by atoms with Gasteiger partial charge in [-0.2, -0.15) is 0 Å². The fourth-order valence-electron chi connectivity index (χ4n) is 9.28. The van der Waals surface area contributed by atoms with Gasteiger partial charge < -0.3 is 10.2 Å². The maximum atomic E-state index is 11.5. The summed E-state index contributed by atoms with van der Waals surface area (Å²) in [6.45, 7) is 16.2. The standard InChI is InChI=1S/C25H44O2.C2H6/c1-6-7-15(2)18-8-9-19-22-20(11-13-24(18,19)4)25(5)12-10-17(26)14-21(25)16(3)23(22)27;1-2/h15-23,26-27H,6-14H2,1-5H3;1-2H3/t15-,16-,17-,18-,19?,20?,21+,22?,23-,24-,25-;/m1./s1. The highest BCUT2D eigenvalue weighted by Crippen LogP contribution is 2.69. The van der Waals surface area contributed by atoms with Crippen molar-refractivity contribution in [2.24, 2.45) is 52.3 Å². The number of aliphatic hydroxyl groups is 2. The molecule has 0 bridgehead atoms. The molecule has 0 radical (unpaired) electrons. The maximum Gasteiger partial charge on any atom is 0.0602 e. The highest BCUT2D eigenvalue weighted by molar-refractivity contribution is 5.13. The van der Waals surface area contributed by atoms with Gasteiger partial charge in [0.2, 0.25) is 0 Å². The fourth-order valence-corrected chi connectivity index (χ4v) is 9.28. The van der Waals surface area contributed by atoms with Crippen molar-refractivity contribution in [1.29, 1.82) is 0 Å². The highest BCUT2D eigenvalue weighted by Gasteiger charge is 2.64. The first-order valence-electron chi connectivity index (χ1n) is 13.1. The zero-order chi connectivity index (χ0) is 21.6. The summed E-state index contributed by atoms with van der Waals surface area (Å²) in [4.78, 5) is 0. The van der Waals surface area contributed by atoms with Crippen LogP contribution in [-0.2, 0) is 0 Å². The van der Waals surface area contributed by atoms with Gasteiger partial charge in [-0.05, 0) is 97.2 Å². The molecule has 170 valence electrons. The molecule has 0 aromatic carbocycles. The molecule has 2 heteroatoms. The molecule has 11 atom stereocenters. The second kappa shape index (κ2) is 8.81. The quantitative estimate of drug-likeness (QED) is 0.548. The Morgan fingerprint density at radius 1 is 0.897 bits per heavy atom. The molecule has 0 amide bonds. The lowest BCUT2D eigenvalue weighted by molar-refractivity contribution is -0.199. The van der Waals surface area contributed by atoms with E-state index in [2.05, 4.69) is 34.6 Å². The van der Waals surface area contributed by atoms with Gasteiger partial charge in [-0.25, -0.2) is 0 Å². The van der Waals surface area contributed by atoms with Crippen molar-refractivity contribution in [2.75, 3.05) is 0 Å². The molecule has 29 heavy (non-hydrogen) atoms. The Hall–Kier alpha value is -0.0800. The first-order valence-corrected chi connectivity index (χ1v) is 13.1. The molecule has 0 saturated heterocycles. The second-order valence-electron chi connectivity index (χ2n) is 11.7. The first-order chi connectivity index (χ1) is 13.7. The van der Waals surface area contributed by atoms with Crippen LogP contribution in [0, 0.1) is 52.3 Å². The Bertz CT molecular complexity index is 547. The average molecular weight is 407 g/mol. The molecule has 0 aliphatic heterocycles. The van der Waals surface area contributed by atoms with E-state index in [1.165, 1.54) is 38.5 Å². The summed E-state index contributed by atoms with van der Waals surface area (Å²) in [6.07, 6.45) is 10.8. The average Bonchev–Trinajstić information content (AvgIpc) is 3.06. The number of aliphatic hydroxyl groups excluding tert-OH is 2. The van der Waals surface area contributed by atoms with Crippen molar-refractivity contribution in [3.63, 3.8) is 0 Å². The van der Waals surface area contributed by atoms with Gasteiger partial charge in [-0.1, -0.05) is 61.3 Å². The molecule has 4 saturated carbocycles. The summed E-state index contributed by atoms with van der Waals surface area (Å²) in [7, 11) is 0. The van der Waals surface area contributed by atoms with Crippen molar-refractivity contribution >= 4 is 0 Å². The van der Waals surface area contributed by atoms with Gasteiger partial charge in [0.15, 0.2) is 0 Å². The van der Waals surface area contributed by atoms with Crippen LogP contribution in [0.15, 0.2) is 0 Å². The van der Waals surface area contributed by atoms with E-state index in [0.29, 0.717) is 40.4 Å². The Morgan fingerprint density at radius 2 is 1.52 bits per heavy atom. The summed E-state index contributed by atoms with van der Waals surface area (Å²) in [5.74, 6) is 4.38. The first kappa shape index (κ1) is 23.6. The van der Waals surface area contributed by atoms with Gasteiger partial charge in [-0.15, -0.1) is 0 Å². The molecule has 4 aliphatic rings. The molecular formula is C27H50O2. The monoisotopic (exact) mass is 406 g/mol. The molecule has 4 aliphatic carbocycles. The summed E-state index contributed by atoms with van der Waals surface area (Å²) in [6, 6.07) is 0. The number of hydrogen-bond donors (Lipinski definition) is 2. The SMILES string of the molecule is CC.CCC[C@@H](C)[C@H]1CCC2C3C(CC[C@@]21C)[C@@]1(C)CC[C@@H](O)C[C@H]1[C@@H](C)[C@H]3O. The predicted molar refractivity (Wildman–Crippen MR) is 123 cm³/mol. The predicted octanol–water partition coefficient (Wildman–Crippen LogP) is 6.69. The number of fused-ring (bicyclic) bond motifs is 5. The second-order valence-corrected chi connectivity index (χ2v) is 11.7. The third-order valence-electron chi connectivity index (χ3n) is 10.6. The van der Waals surface area contributed by atoms with Crippen LogP contribution < -0.4 is 0 Å². The summed E-state index contributed by atoms with van der Waals surface area (Å²) in [5, 5.41) is 21.8. The normalized spacial score (nSPS) is 52.4. The highest BCUT2D eigenvalue weighted by atomic mass is 16.3. The van der Waals surface area contributed by atoms with E-state index in [0.717, 1.165) is 31.1 Å². The van der Waals surface area contributed by atoms with Crippen LogP contribution in [-0.4, -0.2) is 22.4 Å². The van der Waals surface area contributed by atoms with Crippen LogP contribution in [0.3, 0.4) is 0 Å². The zero-order valence-corrected chi connectivity index (χ0v) is 20.5. The Labute approximate surface area is 181 Å². The van der Waals surface area contributed by atoms with Gasteiger partial charge in [0, 0.05) is 0 Å². The fraction of sp³-hybridized carbons (Fsp3) is 1.00. The zero-order valence-electron chi connectivity index (χ0n) is 20.5. The van der Waals surface area contributed by atoms with Gasteiger partial charge in [-0.3, -0.25) is 0 Å². The lowest BCUT2D eigenvalue weighted by atomic mass is 9.42. The van der Waals surface area contributed by atoms with E-state index in [1.807, 2.05) is 13.8 Å². The molecule has 0 aromatic rings. The van der Waals surface area contributed by atoms with Crippen molar-refractivity contribution in [3.05, 3.63) is 0 Å². The topological polar surface area (TPSA) is 40.5 Å². The third-order valence-corrected chi connectivity index (χ3v) is 10.6. The lowest BCUT2D eigenvalue weighted by Gasteiger charge is -2.64. The Kier molecular flexibility index (Phi) is 7.16. The smallest absolute Gasteiger partial charge is 0.0602 e. The van der Waals surface area contributed by atoms with Crippen LogP contribution in [0.5, 0.6) is 0 Å². The van der Waals surface area contributed by atoms with E-state index < -0.39 is 0 Å². The van der Waals surface area contributed by atoms with Gasteiger partial charge in [0.25, 0.3) is 0 Å². The molecule has 3 unspecified atom stereocenters. The van der Waals surface area contributed by atoms with Crippen molar-refractivity contribution in [3.8, 4) is 0 Å². The van der Waals surface area contributed by atoms with Crippen LogP contribution in [0.25, 0.3) is 0 Å². The van der Waals surface area contributed by atoms with Crippen molar-refractivity contribution < 1.29 is 10.2 Å². The summed E-state index contributed by atoms with van der Waals surface area (Å²) < 4.78 is 0. The number of hydrogen-bond acceptors (Lipinski definition) is 2. The summed E-state index contributed by atoms with van der Waals surface area (Å²) >= 11 is 0. The largest absolute Gasteiger partial charge is 0.393 e. The van der Waals surface area contributed by atoms with Crippen LogP contribution in [0.2, 0.25) is 0 Å². The minimum absolute atomic E-state index is 0.145. The molecule has 4 fully saturated rings. The van der Waals surface area contributed by atoms with Gasteiger partial charge in [0.1, 0.15) is 0 Å². The molecule has 0 heterocycles. The van der Waals surface area contributed by atoms with Crippen LogP contribution in [0.4, 0.5) is 0 Å². The third kappa shape index (κ3) is 3.63. The molecular weight excluding hydrogens is 356 g/mol. The molecule has 2 N–H and O–H groups in total. The van der Waals surface area contributed by atoms with E-state index in [9.17, 15) is 10.2 Å². The van der Waals surface area contributed by atoms with Crippen molar-refractivity contribution in [2.45, 2.75) is 118 Å². The van der Waals surface area contributed by atoms with E-state index >= 15 is 0 Å². The minimum Gasteiger partial charge on any atom is -0.393 e. The molecule has 2 nitrogen and oxygen atoms in total. The van der Waals surface area contributed by atoms with Crippen LogP contribution in [0.1, 0.15) is 106 Å². The van der Waals surface area contributed by atoms with Crippen LogP contribution >= 0.6 is 0 Å². The molecule has 4 rings (SSSR count). The van der Waals surface area contributed by atoms with Gasteiger partial charge >= 0.3 is 0 Å². The molecule has 0 aromatic heterocycles. The van der Waals surface area contributed by atoms with Gasteiger partial charge in [0.05, 0.1) is 12.2 Å². The molecule has 0 spiro atoms. The Balaban J connectivity index is 0.00000117. The maximum absolute atomic E-state index is 11.5. The van der Waals surface area contributed by atoms with E-state index in [1.54, 1.807) is 0 Å². The Morgan fingerprint density at radius 3 is 2.17 bits per heavy atom. The van der Waals surface area contributed by atoms with E-state index in [-0.39, 0.29) is 12.2 Å². The van der Waals surface area contributed by atoms with E-state index in [4.69, 9.17) is 0 Å². The minimum atomic E-state index is -0.164. The number of rotatable bonds is 3. The summed E-state index contributed by atoms with van der Waals surface area (Å²) in [5.41, 5.74) is 0.769. The lowest BCUT2D eigenvalue weighted by Crippen LogP contribution is -2.61.